The third-order valence-corrected chi connectivity index (χ3v) is 11.9. The van der Waals surface area contributed by atoms with Crippen molar-refractivity contribution in [1.29, 1.82) is 0 Å². The Labute approximate surface area is 315 Å². The van der Waals surface area contributed by atoms with Crippen molar-refractivity contribution in [2.24, 2.45) is 0 Å². The van der Waals surface area contributed by atoms with E-state index in [1.54, 1.807) is 61.8 Å². The Morgan fingerprint density at radius 2 is 1.34 bits per heavy atom. The summed E-state index contributed by atoms with van der Waals surface area (Å²) in [7, 11) is -8.41. The average Bonchev–Trinajstić information content (AvgIpc) is 3.65. The highest BCUT2D eigenvalue weighted by Gasteiger charge is 2.32. The van der Waals surface area contributed by atoms with E-state index in [4.69, 9.17) is 27.0 Å². The molecule has 0 spiro atoms. The van der Waals surface area contributed by atoms with Crippen LogP contribution in [0.2, 0.25) is 0 Å². The van der Waals surface area contributed by atoms with Gasteiger partial charge in [-0.1, -0.05) is 17.7 Å². The van der Waals surface area contributed by atoms with Gasteiger partial charge in [0.25, 0.3) is 10.0 Å². The number of pyridine rings is 2. The molecule has 4 aromatic heterocycles. The van der Waals surface area contributed by atoms with Gasteiger partial charge in [-0.2, -0.15) is 8.42 Å². The zero-order chi connectivity index (χ0) is 38.3. The normalized spacial score (nSPS) is 13.0. The highest BCUT2D eigenvalue weighted by Crippen LogP contribution is 2.42. The van der Waals surface area contributed by atoms with E-state index in [0.29, 0.717) is 40.8 Å². The number of thiophene rings is 2. The minimum absolute atomic E-state index is 0.244. The van der Waals surface area contributed by atoms with Gasteiger partial charge in [0.05, 0.1) is 39.2 Å². The van der Waals surface area contributed by atoms with Crippen molar-refractivity contribution in [1.82, 2.24) is 9.97 Å². The maximum Gasteiger partial charge on any atom is 0.394 e. The molecule has 2 aliphatic heterocycles. The first-order chi connectivity index (χ1) is 25.2. The van der Waals surface area contributed by atoms with Gasteiger partial charge in [0.15, 0.2) is 0 Å². The highest BCUT2D eigenvalue weighted by molar-refractivity contribution is 7.92. The minimum atomic E-state index is -4.67. The highest BCUT2D eigenvalue weighted by atomic mass is 32.3. The summed E-state index contributed by atoms with van der Waals surface area (Å²) in [4.78, 5) is 36.2. The van der Waals surface area contributed by atoms with E-state index in [1.165, 1.54) is 27.0 Å². The van der Waals surface area contributed by atoms with Gasteiger partial charge in [-0.3, -0.25) is 23.4 Å². The van der Waals surface area contributed by atoms with Gasteiger partial charge < -0.3 is 14.8 Å². The van der Waals surface area contributed by atoms with E-state index in [1.807, 2.05) is 32.0 Å². The molecule has 6 heterocycles. The lowest BCUT2D eigenvalue weighted by molar-refractivity contribution is 0.0522. The number of hydrogen-bond donors (Lipinski definition) is 3. The molecule has 0 radical (unpaired) electrons. The number of ether oxygens (including phenoxy) is 2. The fourth-order valence-corrected chi connectivity index (χ4v) is 9.20. The van der Waals surface area contributed by atoms with E-state index in [9.17, 15) is 18.0 Å². The lowest BCUT2D eigenvalue weighted by atomic mass is 10.1. The summed E-state index contributed by atoms with van der Waals surface area (Å²) in [6.07, 6.45) is 4.78. The predicted octanol–water partition coefficient (Wildman–Crippen LogP) is 6.35. The second-order valence-corrected chi connectivity index (χ2v) is 16.3. The first-order valence-electron chi connectivity index (χ1n) is 16.2. The van der Waals surface area contributed by atoms with Crippen LogP contribution in [0.4, 0.5) is 11.4 Å². The van der Waals surface area contributed by atoms with Crippen LogP contribution in [0.25, 0.3) is 21.1 Å². The van der Waals surface area contributed by atoms with Gasteiger partial charge in [-0.05, 0) is 93.3 Å². The number of carbonyl (C=O) groups excluding carboxylic acids is 2. The van der Waals surface area contributed by atoms with Gasteiger partial charge in [-0.25, -0.2) is 18.0 Å². The number of aryl methyl sites for hydroxylation is 1. The molecule has 0 atom stereocenters. The van der Waals surface area contributed by atoms with Crippen LogP contribution < -0.4 is 9.62 Å². The van der Waals surface area contributed by atoms with Crippen LogP contribution in [-0.2, 0) is 42.7 Å². The number of rotatable bonds is 6. The van der Waals surface area contributed by atoms with Crippen LogP contribution in [0, 0.1) is 6.92 Å². The number of aromatic nitrogens is 2. The van der Waals surface area contributed by atoms with E-state index < -0.39 is 20.4 Å². The molecule has 1 aromatic carbocycles. The molecule has 53 heavy (non-hydrogen) atoms. The fraction of sp³-hybridized carbons (Fsp3) is 0.257. The van der Waals surface area contributed by atoms with Crippen molar-refractivity contribution in [2.45, 2.75) is 38.5 Å². The SMILES string of the molecule is CCOC(=O)c1cc2c(s1)-c1ncccc1N(S(=O)(=O)c1ccc(C)cc1)CC2.CCOC(=O)c1cc2c(s1)-c1ncccc1NCC2.O=S(=O)(O)O. The first-order valence-corrected chi connectivity index (χ1v) is 20.7. The van der Waals surface area contributed by atoms with Gasteiger partial charge in [-0.15, -0.1) is 22.7 Å². The second-order valence-electron chi connectivity index (χ2n) is 11.4. The van der Waals surface area contributed by atoms with Gasteiger partial charge in [0.1, 0.15) is 21.1 Å². The van der Waals surface area contributed by atoms with E-state index in [0.717, 1.165) is 50.8 Å². The molecule has 18 heteroatoms. The summed E-state index contributed by atoms with van der Waals surface area (Å²) in [5, 5.41) is 3.36. The topological polar surface area (TPSA) is 202 Å². The number of benzene rings is 1. The second kappa shape index (κ2) is 17.0. The van der Waals surface area contributed by atoms with Crippen molar-refractivity contribution >= 4 is 66.4 Å². The van der Waals surface area contributed by atoms with Crippen molar-refractivity contribution in [3.8, 4) is 21.1 Å². The lowest BCUT2D eigenvalue weighted by Gasteiger charge is -2.24. The maximum absolute atomic E-state index is 13.4. The molecule has 14 nitrogen and oxygen atoms in total. The molecule has 0 saturated heterocycles. The molecule has 5 aromatic rings. The Kier molecular flexibility index (Phi) is 12.6. The number of sulfonamides is 1. The fourth-order valence-electron chi connectivity index (χ4n) is 5.50. The Bertz CT molecular complexity index is 2310. The van der Waals surface area contributed by atoms with Crippen LogP contribution in [0.15, 0.2) is 78.0 Å². The summed E-state index contributed by atoms with van der Waals surface area (Å²) in [5.74, 6) is -0.613. The van der Waals surface area contributed by atoms with E-state index in [2.05, 4.69) is 15.3 Å². The third kappa shape index (κ3) is 9.64. The number of nitrogens with one attached hydrogen (secondary N) is 1. The molecule has 0 aliphatic carbocycles. The number of nitrogens with zero attached hydrogens (tertiary/aromatic N) is 3. The molecule has 0 unspecified atom stereocenters. The molecule has 3 N–H and O–H groups in total. The third-order valence-electron chi connectivity index (χ3n) is 7.77. The van der Waals surface area contributed by atoms with E-state index >= 15 is 0 Å². The van der Waals surface area contributed by atoms with Crippen LogP contribution in [0.3, 0.4) is 0 Å². The standard InChI is InChI=1S/C21H20N2O4S2.C14H14N2O2S.H2O4S/c1-3-27-21(24)18-13-15-10-12-23(17-5-4-11-22-19(17)20(15)28-18)29(25,26)16-8-6-14(2)7-9-16;1-2-18-14(17)11-8-9-5-7-15-10-4-3-6-16-12(10)13(9)19-11;1-5(2,3)4/h4-9,11,13H,3,10,12H2,1-2H3;3-4,6,8,15H,2,5,7H2,1H3;(H2,1,2,3,4). The Balaban J connectivity index is 0.000000193. The molecular weight excluding hydrogens is 765 g/mol. The number of fused-ring (bicyclic) bond motifs is 6. The number of hydrogen-bond acceptors (Lipinski definition) is 13. The summed E-state index contributed by atoms with van der Waals surface area (Å²) >= 11 is 2.75. The zero-order valence-electron chi connectivity index (χ0n) is 28.8. The Morgan fingerprint density at radius 3 is 1.92 bits per heavy atom. The van der Waals surface area contributed by atoms with Gasteiger partial charge in [0, 0.05) is 25.5 Å². The van der Waals surface area contributed by atoms with Crippen LogP contribution in [0.1, 0.15) is 49.9 Å². The summed E-state index contributed by atoms with van der Waals surface area (Å²) < 4.78 is 69.9. The molecule has 0 bridgehead atoms. The average molecular weight is 801 g/mol. The largest absolute Gasteiger partial charge is 0.462 e. The summed E-state index contributed by atoms with van der Waals surface area (Å²) in [6, 6.07) is 18.0. The lowest BCUT2D eigenvalue weighted by Crippen LogP contribution is -2.32. The molecule has 0 saturated carbocycles. The van der Waals surface area contributed by atoms with Crippen molar-refractivity contribution in [2.75, 3.05) is 35.9 Å². The Morgan fingerprint density at radius 1 is 0.811 bits per heavy atom. The van der Waals surface area contributed by atoms with E-state index in [-0.39, 0.29) is 23.4 Å². The van der Waals surface area contributed by atoms with Crippen molar-refractivity contribution in [3.05, 3.63) is 99.5 Å². The first kappa shape index (κ1) is 39.5. The summed E-state index contributed by atoms with van der Waals surface area (Å²) in [5.41, 5.74) is 6.10. The molecular formula is C35H36N4O10S4. The number of esters is 2. The molecule has 2 aliphatic rings. The van der Waals surface area contributed by atoms with Crippen molar-refractivity contribution < 1.29 is 45.0 Å². The quantitative estimate of drug-likeness (QED) is 0.127. The monoisotopic (exact) mass is 800 g/mol. The molecule has 280 valence electrons. The van der Waals surface area contributed by atoms with Crippen LogP contribution >= 0.6 is 22.7 Å². The smallest absolute Gasteiger partial charge is 0.394 e. The predicted molar refractivity (Wildman–Crippen MR) is 203 cm³/mol. The molecule has 0 fully saturated rings. The van der Waals surface area contributed by atoms with Crippen LogP contribution in [0.5, 0.6) is 0 Å². The molecule has 7 rings (SSSR count). The summed E-state index contributed by atoms with van der Waals surface area (Å²) in [6.45, 7) is 7.32. The van der Waals surface area contributed by atoms with Crippen LogP contribution in [-0.4, -0.2) is 74.2 Å². The van der Waals surface area contributed by atoms with Gasteiger partial charge in [0.2, 0.25) is 0 Å². The molecule has 0 amide bonds. The number of carbonyl (C=O) groups is 2. The van der Waals surface area contributed by atoms with Gasteiger partial charge >= 0.3 is 22.3 Å². The van der Waals surface area contributed by atoms with Crippen molar-refractivity contribution in [3.63, 3.8) is 0 Å². The number of anilines is 2. The maximum atomic E-state index is 13.4. The Hall–Kier alpha value is -4.72. The zero-order valence-corrected chi connectivity index (χ0v) is 32.1. The minimum Gasteiger partial charge on any atom is -0.462 e.